The number of anilines is 2. The normalized spacial score (nSPS) is 10.3. The monoisotopic (exact) mass is 329 g/mol. The molecule has 1 aromatic heterocycles. The second-order valence-corrected chi connectivity index (χ2v) is 4.38. The molecule has 0 aliphatic rings. The third-order valence-electron chi connectivity index (χ3n) is 2.11. The van der Waals surface area contributed by atoms with E-state index in [0.29, 0.717) is 0 Å². The number of nitrogens with zero attached hydrogens (tertiary/aromatic N) is 2. The fraction of sp³-hybridized carbons (Fsp3) is 0. The van der Waals surface area contributed by atoms with Crippen LogP contribution in [0.3, 0.4) is 0 Å². The summed E-state index contributed by atoms with van der Waals surface area (Å²) in [4.78, 5) is 18.0. The number of aromatic carboxylic acids is 1. The van der Waals surface area contributed by atoms with Gasteiger partial charge in [-0.15, -0.1) is 0 Å². The van der Waals surface area contributed by atoms with Crippen LogP contribution in [0.2, 0.25) is 0 Å². The standard InChI is InChI=1S/C11H6BrF2N3O2/c12-5-1-6(13)10(7(14)2-5)17-9-4-15-3-8(16-9)11(18)19/h1-4H,(H,16,17)(H,18,19). The van der Waals surface area contributed by atoms with Gasteiger partial charge in [0.2, 0.25) is 0 Å². The second-order valence-electron chi connectivity index (χ2n) is 3.46. The molecule has 2 rings (SSSR count). The van der Waals surface area contributed by atoms with E-state index in [9.17, 15) is 13.6 Å². The lowest BCUT2D eigenvalue weighted by molar-refractivity contribution is 0.0690. The minimum absolute atomic E-state index is 0.0694. The predicted octanol–water partition coefficient (Wildman–Crippen LogP) is 2.96. The van der Waals surface area contributed by atoms with Crippen molar-refractivity contribution in [2.45, 2.75) is 0 Å². The summed E-state index contributed by atoms with van der Waals surface area (Å²) in [5.41, 5.74) is -0.761. The van der Waals surface area contributed by atoms with Crippen LogP contribution in [0.5, 0.6) is 0 Å². The smallest absolute Gasteiger partial charge is 0.356 e. The number of hydrogen-bond donors (Lipinski definition) is 2. The number of halogens is 3. The summed E-state index contributed by atoms with van der Waals surface area (Å²) >= 11 is 2.95. The van der Waals surface area contributed by atoms with E-state index < -0.39 is 23.3 Å². The molecule has 0 spiro atoms. The van der Waals surface area contributed by atoms with Crippen molar-refractivity contribution in [2.75, 3.05) is 5.32 Å². The summed E-state index contributed by atoms with van der Waals surface area (Å²) in [7, 11) is 0. The van der Waals surface area contributed by atoms with Crippen LogP contribution in [0.1, 0.15) is 10.5 Å². The number of nitrogens with one attached hydrogen (secondary N) is 1. The molecule has 0 saturated heterocycles. The largest absolute Gasteiger partial charge is 0.476 e. The van der Waals surface area contributed by atoms with Crippen molar-refractivity contribution >= 4 is 33.4 Å². The van der Waals surface area contributed by atoms with Crippen LogP contribution in [0.4, 0.5) is 20.3 Å². The van der Waals surface area contributed by atoms with Crippen molar-refractivity contribution in [3.05, 3.63) is 46.3 Å². The van der Waals surface area contributed by atoms with Crippen molar-refractivity contribution in [3.63, 3.8) is 0 Å². The Labute approximate surface area is 114 Å². The minimum Gasteiger partial charge on any atom is -0.476 e. The first-order valence-electron chi connectivity index (χ1n) is 4.94. The molecule has 98 valence electrons. The van der Waals surface area contributed by atoms with Gasteiger partial charge < -0.3 is 10.4 Å². The van der Waals surface area contributed by atoms with E-state index in [2.05, 4.69) is 31.2 Å². The first-order chi connectivity index (χ1) is 8.97. The Morgan fingerprint density at radius 3 is 2.47 bits per heavy atom. The Kier molecular flexibility index (Phi) is 3.70. The van der Waals surface area contributed by atoms with E-state index in [4.69, 9.17) is 5.11 Å². The van der Waals surface area contributed by atoms with Gasteiger partial charge in [-0.1, -0.05) is 15.9 Å². The van der Waals surface area contributed by atoms with Crippen LogP contribution in [0.15, 0.2) is 29.0 Å². The van der Waals surface area contributed by atoms with Gasteiger partial charge in [0.05, 0.1) is 12.4 Å². The molecule has 1 heterocycles. The zero-order valence-electron chi connectivity index (χ0n) is 9.19. The molecule has 2 N–H and O–H groups in total. The molecule has 19 heavy (non-hydrogen) atoms. The van der Waals surface area contributed by atoms with Crippen molar-refractivity contribution in [1.29, 1.82) is 0 Å². The summed E-state index contributed by atoms with van der Waals surface area (Å²) in [6.45, 7) is 0. The molecular formula is C11H6BrF2N3O2. The van der Waals surface area contributed by atoms with E-state index in [-0.39, 0.29) is 16.0 Å². The predicted molar refractivity (Wildman–Crippen MR) is 66.3 cm³/mol. The highest BCUT2D eigenvalue weighted by molar-refractivity contribution is 9.10. The van der Waals surface area contributed by atoms with Gasteiger partial charge in [0.15, 0.2) is 17.3 Å². The SMILES string of the molecule is O=C(O)c1cncc(Nc2c(F)cc(Br)cc2F)n1. The molecule has 0 fully saturated rings. The molecule has 5 nitrogen and oxygen atoms in total. The zero-order chi connectivity index (χ0) is 14.0. The highest BCUT2D eigenvalue weighted by Gasteiger charge is 2.13. The van der Waals surface area contributed by atoms with Gasteiger partial charge in [-0.05, 0) is 12.1 Å². The summed E-state index contributed by atoms with van der Waals surface area (Å²) < 4.78 is 27.4. The fourth-order valence-electron chi connectivity index (χ4n) is 1.32. The number of aromatic nitrogens is 2. The molecule has 0 aliphatic heterocycles. The third kappa shape index (κ3) is 3.02. The molecule has 8 heteroatoms. The fourth-order valence-corrected chi connectivity index (χ4v) is 1.72. The molecule has 0 atom stereocenters. The van der Waals surface area contributed by atoms with Crippen LogP contribution in [0.25, 0.3) is 0 Å². The van der Waals surface area contributed by atoms with Crippen LogP contribution in [-0.4, -0.2) is 21.0 Å². The van der Waals surface area contributed by atoms with Gasteiger partial charge in [0.1, 0.15) is 11.5 Å². The maximum absolute atomic E-state index is 13.6. The number of carbonyl (C=O) groups is 1. The maximum Gasteiger partial charge on any atom is 0.356 e. The maximum atomic E-state index is 13.6. The van der Waals surface area contributed by atoms with E-state index >= 15 is 0 Å². The molecule has 0 radical (unpaired) electrons. The number of carboxylic acid groups (broad SMARTS) is 1. The van der Waals surface area contributed by atoms with Gasteiger partial charge >= 0.3 is 5.97 Å². The van der Waals surface area contributed by atoms with E-state index in [0.717, 1.165) is 24.5 Å². The highest BCUT2D eigenvalue weighted by Crippen LogP contribution is 2.26. The average Bonchev–Trinajstić information content (AvgIpc) is 2.34. The minimum atomic E-state index is -1.28. The number of carboxylic acids is 1. The molecule has 0 bridgehead atoms. The zero-order valence-corrected chi connectivity index (χ0v) is 10.8. The van der Waals surface area contributed by atoms with Gasteiger partial charge in [-0.2, -0.15) is 0 Å². The number of hydrogen-bond acceptors (Lipinski definition) is 4. The first kappa shape index (κ1) is 13.3. The van der Waals surface area contributed by atoms with Crippen molar-refractivity contribution in [3.8, 4) is 0 Å². The van der Waals surface area contributed by atoms with Gasteiger partial charge in [-0.25, -0.2) is 18.6 Å². The Morgan fingerprint density at radius 2 is 1.89 bits per heavy atom. The summed E-state index contributed by atoms with van der Waals surface area (Å²) in [6.07, 6.45) is 2.19. The number of benzene rings is 1. The van der Waals surface area contributed by atoms with Crippen molar-refractivity contribution in [1.82, 2.24) is 9.97 Å². The summed E-state index contributed by atoms with van der Waals surface area (Å²) in [5, 5.41) is 11.1. The molecule has 0 amide bonds. The Morgan fingerprint density at radius 1 is 1.26 bits per heavy atom. The summed E-state index contributed by atoms with van der Waals surface area (Å²) in [6, 6.07) is 2.14. The van der Waals surface area contributed by atoms with Crippen molar-refractivity contribution in [2.24, 2.45) is 0 Å². The van der Waals surface area contributed by atoms with Gasteiger partial charge in [0.25, 0.3) is 0 Å². The first-order valence-corrected chi connectivity index (χ1v) is 5.73. The number of rotatable bonds is 3. The Bertz CT molecular complexity index is 629. The second kappa shape index (κ2) is 5.27. The van der Waals surface area contributed by atoms with Crippen molar-refractivity contribution < 1.29 is 18.7 Å². The summed E-state index contributed by atoms with van der Waals surface area (Å²) in [5.74, 6) is -3.03. The van der Waals surface area contributed by atoms with E-state index in [1.165, 1.54) is 0 Å². The Balaban J connectivity index is 2.36. The van der Waals surface area contributed by atoms with Gasteiger partial charge in [0, 0.05) is 4.47 Å². The average molecular weight is 330 g/mol. The lowest BCUT2D eigenvalue weighted by atomic mass is 10.3. The molecule has 0 saturated carbocycles. The van der Waals surface area contributed by atoms with E-state index in [1.54, 1.807) is 0 Å². The molecule has 1 aromatic carbocycles. The van der Waals surface area contributed by atoms with Crippen LogP contribution in [0, 0.1) is 11.6 Å². The quantitative estimate of drug-likeness (QED) is 0.905. The lowest BCUT2D eigenvalue weighted by Gasteiger charge is -2.08. The topological polar surface area (TPSA) is 75.1 Å². The molecule has 2 aromatic rings. The molecule has 0 aliphatic carbocycles. The molecular weight excluding hydrogens is 324 g/mol. The van der Waals surface area contributed by atoms with Crippen LogP contribution >= 0.6 is 15.9 Å². The van der Waals surface area contributed by atoms with Crippen LogP contribution in [-0.2, 0) is 0 Å². The van der Waals surface area contributed by atoms with Gasteiger partial charge in [-0.3, -0.25) is 4.98 Å². The molecule has 0 unspecified atom stereocenters. The van der Waals surface area contributed by atoms with E-state index in [1.807, 2.05) is 0 Å². The van der Waals surface area contributed by atoms with Crippen LogP contribution < -0.4 is 5.32 Å². The highest BCUT2D eigenvalue weighted by atomic mass is 79.9. The Hall–Kier alpha value is -2.09. The lowest BCUT2D eigenvalue weighted by Crippen LogP contribution is -2.05. The third-order valence-corrected chi connectivity index (χ3v) is 2.57.